The molecule has 0 aliphatic heterocycles. The first-order valence-electron chi connectivity index (χ1n) is 33.9. The molecular formula is C94H58N6. The maximum Gasteiger partial charge on any atom is 0.0978 e. The van der Waals surface area contributed by atoms with Crippen molar-refractivity contribution in [2.45, 2.75) is 0 Å². The van der Waals surface area contributed by atoms with E-state index < -0.39 is 0 Å². The van der Waals surface area contributed by atoms with Crippen LogP contribution in [0.15, 0.2) is 352 Å². The number of hydrogen-bond acceptors (Lipinski definition) is 6. The molecule has 0 amide bonds. The van der Waals surface area contributed by atoms with Gasteiger partial charge in [0, 0.05) is 77.7 Å². The molecule has 0 fully saturated rings. The Morgan fingerprint density at radius 3 is 1.01 bits per heavy atom. The highest BCUT2D eigenvalue weighted by Gasteiger charge is 2.18. The van der Waals surface area contributed by atoms with Crippen LogP contribution >= 0.6 is 0 Å². The number of nitrogens with zero attached hydrogens (tertiary/aromatic N) is 6. The van der Waals surface area contributed by atoms with Crippen LogP contribution in [0, 0.1) is 0 Å². The Labute approximate surface area is 576 Å². The van der Waals surface area contributed by atoms with Crippen molar-refractivity contribution in [3.63, 3.8) is 0 Å². The smallest absolute Gasteiger partial charge is 0.0978 e. The van der Waals surface area contributed by atoms with E-state index in [4.69, 9.17) is 19.9 Å². The molecule has 20 rings (SSSR count). The van der Waals surface area contributed by atoms with Gasteiger partial charge < -0.3 is 0 Å². The minimum absolute atomic E-state index is 0.915. The molecule has 100 heavy (non-hydrogen) atoms. The average Bonchev–Trinajstić information content (AvgIpc) is 0.753. The molecule has 0 unspecified atom stereocenters. The molecule has 6 nitrogen and oxygen atoms in total. The van der Waals surface area contributed by atoms with Crippen LogP contribution in [-0.2, 0) is 0 Å². The van der Waals surface area contributed by atoms with Crippen molar-refractivity contribution in [1.29, 1.82) is 0 Å². The summed E-state index contributed by atoms with van der Waals surface area (Å²) in [5, 5.41) is 13.8. The molecule has 0 aliphatic carbocycles. The van der Waals surface area contributed by atoms with Crippen LogP contribution in [0.5, 0.6) is 0 Å². The van der Waals surface area contributed by atoms with E-state index in [0.29, 0.717) is 0 Å². The zero-order chi connectivity index (χ0) is 66.0. The van der Waals surface area contributed by atoms with E-state index in [1.807, 2.05) is 24.5 Å². The van der Waals surface area contributed by atoms with E-state index in [2.05, 4.69) is 338 Å². The zero-order valence-electron chi connectivity index (χ0n) is 54.2. The summed E-state index contributed by atoms with van der Waals surface area (Å²) in [5.41, 5.74) is 25.9. The molecule has 464 valence electrons. The highest BCUT2D eigenvalue weighted by atomic mass is 14.8. The van der Waals surface area contributed by atoms with Crippen LogP contribution in [0.2, 0.25) is 0 Å². The molecule has 6 heterocycles. The van der Waals surface area contributed by atoms with Crippen molar-refractivity contribution in [1.82, 2.24) is 29.9 Å². The standard InChI is InChI=1S/C51H31N3.C43H27N3/c1-2-7-34(8-3-1)49-44-10-4-5-11-48(44)54-51-45(49)23-20-35-21-25-47(53-50(35)51)41-19-18-39-29-42-28-36(16-17-38(42)30-43(39)31-41)32-12-14-33(15-13-32)37-22-24-46-40(27-37)9-6-26-52-46;1-2-8-30(9-3-1)41-36-13-4-5-14-40(36)46-43-37(41)22-19-31-20-24-39(45-42(31)43)35-11-6-10-32(26-35)28-15-17-29(18-16-28)33-21-23-38-34(27-33)12-7-25-44-38/h1-31H;1-27H. The largest absolute Gasteiger partial charge is 0.256 e. The SMILES string of the molecule is c1ccc(-c2c3ccccc3nc3c2ccc2ccc(-c4ccc5cc6cc(-c7ccc(-c8ccc9ncccc9c8)cc7)ccc6cc5c4)nc23)cc1.c1ccc(-c2c3ccccc3nc3c2ccc2ccc(-c4cccc(-c5ccc(-c6ccc7ncccc7c6)cc5)c4)nc23)cc1. The Morgan fingerprint density at radius 2 is 0.520 bits per heavy atom. The van der Waals surface area contributed by atoms with Gasteiger partial charge in [-0.2, -0.15) is 0 Å². The lowest BCUT2D eigenvalue weighted by Gasteiger charge is -2.13. The van der Waals surface area contributed by atoms with Crippen LogP contribution in [0.4, 0.5) is 0 Å². The zero-order valence-corrected chi connectivity index (χ0v) is 54.2. The second-order valence-electron chi connectivity index (χ2n) is 25.7. The predicted octanol–water partition coefficient (Wildman–Crippen LogP) is 24.6. The lowest BCUT2D eigenvalue weighted by molar-refractivity contribution is 1.39. The summed E-state index contributed by atoms with van der Waals surface area (Å²) in [4.78, 5) is 29.9. The van der Waals surface area contributed by atoms with Crippen molar-refractivity contribution >= 4 is 109 Å². The van der Waals surface area contributed by atoms with Crippen LogP contribution in [0.3, 0.4) is 0 Å². The van der Waals surface area contributed by atoms with Crippen LogP contribution in [0.1, 0.15) is 0 Å². The summed E-state index contributed by atoms with van der Waals surface area (Å²) >= 11 is 0. The second kappa shape index (κ2) is 24.3. The first-order chi connectivity index (χ1) is 49.5. The number of hydrogen-bond donors (Lipinski definition) is 0. The molecule has 0 saturated heterocycles. The van der Waals surface area contributed by atoms with Gasteiger partial charge >= 0.3 is 0 Å². The molecule has 14 aromatic carbocycles. The van der Waals surface area contributed by atoms with Crippen molar-refractivity contribution in [2.24, 2.45) is 0 Å². The van der Waals surface area contributed by atoms with E-state index in [-0.39, 0.29) is 0 Å². The summed E-state index contributed by atoms with van der Waals surface area (Å²) in [5.74, 6) is 0. The molecule has 6 aromatic heterocycles. The van der Waals surface area contributed by atoms with Gasteiger partial charge in [-0.05, 0) is 168 Å². The lowest BCUT2D eigenvalue weighted by Crippen LogP contribution is -1.93. The van der Waals surface area contributed by atoms with Gasteiger partial charge in [-0.15, -0.1) is 0 Å². The maximum absolute atomic E-state index is 5.30. The Kier molecular flexibility index (Phi) is 14.1. The van der Waals surface area contributed by atoms with E-state index in [1.54, 1.807) is 0 Å². The highest BCUT2D eigenvalue weighted by molar-refractivity contribution is 6.18. The van der Waals surface area contributed by atoms with Crippen molar-refractivity contribution < 1.29 is 0 Å². The molecule has 0 aliphatic rings. The Balaban J connectivity index is 0.000000141. The fraction of sp³-hybridized carbons (Fsp3) is 0. The normalized spacial score (nSPS) is 11.6. The first kappa shape index (κ1) is 58.0. The molecule has 6 heteroatoms. The molecule has 0 N–H and O–H groups in total. The van der Waals surface area contributed by atoms with Crippen molar-refractivity contribution in [3.8, 4) is 89.3 Å². The van der Waals surface area contributed by atoms with Crippen LogP contribution in [0.25, 0.3) is 198 Å². The minimum Gasteiger partial charge on any atom is -0.256 e. The molecule has 0 spiro atoms. The number of rotatable bonds is 8. The summed E-state index contributed by atoms with van der Waals surface area (Å²) in [7, 11) is 0. The van der Waals surface area contributed by atoms with Crippen molar-refractivity contribution in [3.05, 3.63) is 352 Å². The Hall–Kier alpha value is -13.4. The molecule has 0 atom stereocenters. The van der Waals surface area contributed by atoms with Gasteiger partial charge in [-0.25, -0.2) is 19.9 Å². The predicted molar refractivity (Wildman–Crippen MR) is 418 cm³/mol. The summed E-state index contributed by atoms with van der Waals surface area (Å²) in [6.07, 6.45) is 3.67. The van der Waals surface area contributed by atoms with Gasteiger partial charge in [0.15, 0.2) is 0 Å². The van der Waals surface area contributed by atoms with E-state index in [1.165, 1.54) is 82.7 Å². The quantitative estimate of drug-likeness (QED) is 0.111. The van der Waals surface area contributed by atoms with Crippen LogP contribution < -0.4 is 0 Å². The minimum atomic E-state index is 0.915. The topological polar surface area (TPSA) is 77.3 Å². The monoisotopic (exact) mass is 1270 g/mol. The third-order valence-electron chi connectivity index (χ3n) is 19.7. The molecule has 0 bridgehead atoms. The van der Waals surface area contributed by atoms with E-state index in [0.717, 1.165) is 115 Å². The number of fused-ring (bicyclic) bond motifs is 12. The van der Waals surface area contributed by atoms with Gasteiger partial charge in [0.25, 0.3) is 0 Å². The van der Waals surface area contributed by atoms with Gasteiger partial charge in [-0.3, -0.25) is 9.97 Å². The molecular weight excluding hydrogens is 1210 g/mol. The third kappa shape index (κ3) is 10.6. The Morgan fingerprint density at radius 1 is 0.160 bits per heavy atom. The highest BCUT2D eigenvalue weighted by Crippen LogP contribution is 2.42. The fourth-order valence-corrected chi connectivity index (χ4v) is 14.6. The number of aromatic nitrogens is 6. The van der Waals surface area contributed by atoms with Gasteiger partial charge in [-0.1, -0.05) is 249 Å². The van der Waals surface area contributed by atoms with Crippen molar-refractivity contribution in [2.75, 3.05) is 0 Å². The lowest BCUT2D eigenvalue weighted by atomic mass is 9.95. The second-order valence-corrected chi connectivity index (χ2v) is 25.7. The maximum atomic E-state index is 5.30. The third-order valence-corrected chi connectivity index (χ3v) is 19.7. The summed E-state index contributed by atoms with van der Waals surface area (Å²) in [6, 6.07) is 121. The first-order valence-corrected chi connectivity index (χ1v) is 33.9. The van der Waals surface area contributed by atoms with Gasteiger partial charge in [0.05, 0.1) is 55.5 Å². The Bertz CT molecular complexity index is 6630. The average molecular weight is 1270 g/mol. The summed E-state index contributed by atoms with van der Waals surface area (Å²) < 4.78 is 0. The van der Waals surface area contributed by atoms with Gasteiger partial charge in [0.1, 0.15) is 0 Å². The molecule has 0 radical (unpaired) electrons. The number of pyridine rings is 6. The summed E-state index contributed by atoms with van der Waals surface area (Å²) in [6.45, 7) is 0. The number of para-hydroxylation sites is 2. The number of benzene rings is 14. The molecule has 0 saturated carbocycles. The van der Waals surface area contributed by atoms with Crippen LogP contribution in [-0.4, -0.2) is 29.9 Å². The van der Waals surface area contributed by atoms with E-state index >= 15 is 0 Å². The van der Waals surface area contributed by atoms with Gasteiger partial charge in [0.2, 0.25) is 0 Å². The fourth-order valence-electron chi connectivity index (χ4n) is 14.6. The molecule has 20 aromatic rings. The van der Waals surface area contributed by atoms with E-state index in [9.17, 15) is 0 Å².